The van der Waals surface area contributed by atoms with Gasteiger partial charge in [-0.25, -0.2) is 9.18 Å². The summed E-state index contributed by atoms with van der Waals surface area (Å²) in [6.07, 6.45) is 2.35. The fraction of sp³-hybridized carbons (Fsp3) is 0.364. The Bertz CT molecular complexity index is 976. The zero-order valence-corrected chi connectivity index (χ0v) is 17.1. The van der Waals surface area contributed by atoms with Crippen LogP contribution in [0.15, 0.2) is 36.4 Å². The summed E-state index contributed by atoms with van der Waals surface area (Å²) in [5.74, 6) is -0.721. The highest BCUT2D eigenvalue weighted by molar-refractivity contribution is 6.31. The lowest BCUT2D eigenvalue weighted by atomic mass is 9.96. The number of likely N-dealkylation sites (tertiary alicyclic amines) is 1. The van der Waals surface area contributed by atoms with Gasteiger partial charge in [-0.05, 0) is 61.1 Å². The van der Waals surface area contributed by atoms with Crippen molar-refractivity contribution in [2.24, 2.45) is 5.92 Å². The summed E-state index contributed by atoms with van der Waals surface area (Å²) in [5, 5.41) is 16.0. The van der Waals surface area contributed by atoms with Gasteiger partial charge in [0.1, 0.15) is 11.6 Å². The molecule has 1 aliphatic heterocycles. The summed E-state index contributed by atoms with van der Waals surface area (Å²) in [6.45, 7) is 0.905. The number of phenols is 1. The molecular formula is C22H23ClFN3O3. The molecule has 0 spiro atoms. The third-order valence-corrected chi connectivity index (χ3v) is 6.12. The molecule has 4 rings (SSSR count). The lowest BCUT2D eigenvalue weighted by molar-refractivity contribution is -0.121. The van der Waals surface area contributed by atoms with Crippen molar-refractivity contribution in [3.63, 3.8) is 0 Å². The molecule has 0 saturated carbocycles. The summed E-state index contributed by atoms with van der Waals surface area (Å²) in [6, 6.07) is 9.07. The van der Waals surface area contributed by atoms with Gasteiger partial charge in [-0.1, -0.05) is 23.7 Å². The Kier molecular flexibility index (Phi) is 5.81. The van der Waals surface area contributed by atoms with Gasteiger partial charge in [-0.15, -0.1) is 0 Å². The Morgan fingerprint density at radius 2 is 1.90 bits per heavy atom. The monoisotopic (exact) mass is 431 g/mol. The molecule has 158 valence electrons. The van der Waals surface area contributed by atoms with E-state index < -0.39 is 0 Å². The number of nitrogens with zero attached hydrogens (tertiary/aromatic N) is 1. The lowest BCUT2D eigenvalue weighted by Gasteiger charge is -2.32. The normalized spacial score (nSPS) is 18.7. The van der Waals surface area contributed by atoms with Crippen molar-refractivity contribution >= 4 is 29.2 Å². The molecule has 1 atom stereocenters. The fourth-order valence-electron chi connectivity index (χ4n) is 4.19. The molecule has 1 fully saturated rings. The van der Waals surface area contributed by atoms with Crippen LogP contribution in [0.3, 0.4) is 0 Å². The number of carbonyl (C=O) groups excluding carboxylic acids is 2. The summed E-state index contributed by atoms with van der Waals surface area (Å²) in [4.78, 5) is 26.9. The summed E-state index contributed by atoms with van der Waals surface area (Å²) in [5.41, 5.74) is 1.81. The van der Waals surface area contributed by atoms with Crippen molar-refractivity contribution in [1.29, 1.82) is 0 Å². The number of hydrogen-bond donors (Lipinski definition) is 3. The second kappa shape index (κ2) is 8.52. The van der Waals surface area contributed by atoms with Gasteiger partial charge in [0.15, 0.2) is 0 Å². The third-order valence-electron chi connectivity index (χ3n) is 5.88. The number of piperidine rings is 1. The van der Waals surface area contributed by atoms with Crippen LogP contribution in [0.2, 0.25) is 5.02 Å². The largest absolute Gasteiger partial charge is 0.506 e. The summed E-state index contributed by atoms with van der Waals surface area (Å²) >= 11 is 5.92. The maximum atomic E-state index is 13.9. The number of aromatic hydroxyl groups is 1. The van der Waals surface area contributed by atoms with Gasteiger partial charge in [-0.3, -0.25) is 4.79 Å². The first-order chi connectivity index (χ1) is 14.4. The highest BCUT2D eigenvalue weighted by Gasteiger charge is 2.31. The highest BCUT2D eigenvalue weighted by Crippen LogP contribution is 2.33. The molecule has 8 heteroatoms. The average Bonchev–Trinajstić information content (AvgIpc) is 3.15. The quantitative estimate of drug-likeness (QED) is 0.636. The number of hydrogen-bond acceptors (Lipinski definition) is 3. The number of phenolic OH excluding ortho intramolecular Hbond substituents is 1. The minimum atomic E-state index is -0.256. The molecule has 1 aliphatic carbocycles. The Morgan fingerprint density at radius 3 is 2.67 bits per heavy atom. The SMILES string of the molecule is O=C(Nc1cc(Cl)ccc1O)C1CCN(C(=O)N[C@@H]2CCc3c(F)cccc32)CC1. The number of anilines is 1. The summed E-state index contributed by atoms with van der Waals surface area (Å²) in [7, 11) is 0. The van der Waals surface area contributed by atoms with Crippen molar-refractivity contribution in [3.8, 4) is 5.75 Å². The van der Waals surface area contributed by atoms with E-state index in [2.05, 4.69) is 10.6 Å². The Hall–Kier alpha value is -2.80. The number of fused-ring (bicyclic) bond motifs is 1. The first-order valence-electron chi connectivity index (χ1n) is 10.0. The van der Waals surface area contributed by atoms with E-state index in [0.717, 1.165) is 5.56 Å². The van der Waals surface area contributed by atoms with E-state index in [4.69, 9.17) is 11.6 Å². The molecule has 3 amide bonds. The zero-order chi connectivity index (χ0) is 21.3. The molecule has 0 unspecified atom stereocenters. The first-order valence-corrected chi connectivity index (χ1v) is 10.4. The predicted molar refractivity (Wildman–Crippen MR) is 112 cm³/mol. The molecular weight excluding hydrogens is 409 g/mol. The van der Waals surface area contributed by atoms with Crippen LogP contribution in [-0.2, 0) is 11.2 Å². The standard InChI is InChI=1S/C22H23ClFN3O3/c23-14-4-7-20(28)19(12-14)25-21(29)13-8-10-27(11-9-13)22(30)26-18-6-5-15-16(18)2-1-3-17(15)24/h1-4,7,12-13,18,28H,5-6,8-11H2,(H,25,29)(H,26,30)/t18-/m1/s1. The number of halogens is 2. The number of benzene rings is 2. The number of carbonyl (C=O) groups is 2. The molecule has 3 N–H and O–H groups in total. The molecule has 30 heavy (non-hydrogen) atoms. The van der Waals surface area contributed by atoms with E-state index in [9.17, 15) is 19.1 Å². The van der Waals surface area contributed by atoms with Crippen LogP contribution in [0.4, 0.5) is 14.9 Å². The zero-order valence-electron chi connectivity index (χ0n) is 16.3. The van der Waals surface area contributed by atoms with E-state index in [-0.39, 0.29) is 41.2 Å². The second-order valence-corrected chi connectivity index (χ2v) is 8.20. The molecule has 1 saturated heterocycles. The Labute approximate surface area is 179 Å². The number of rotatable bonds is 3. The van der Waals surface area contributed by atoms with Gasteiger partial charge >= 0.3 is 6.03 Å². The number of nitrogens with one attached hydrogen (secondary N) is 2. The van der Waals surface area contributed by atoms with Gasteiger partial charge in [-0.2, -0.15) is 0 Å². The molecule has 2 aromatic carbocycles. The summed E-state index contributed by atoms with van der Waals surface area (Å²) < 4.78 is 13.9. The number of urea groups is 1. The smallest absolute Gasteiger partial charge is 0.317 e. The van der Waals surface area contributed by atoms with Gasteiger partial charge in [0.05, 0.1) is 11.7 Å². The third kappa shape index (κ3) is 4.21. The van der Waals surface area contributed by atoms with Crippen molar-refractivity contribution in [2.75, 3.05) is 18.4 Å². The molecule has 0 bridgehead atoms. The van der Waals surface area contributed by atoms with E-state index in [1.165, 1.54) is 18.2 Å². The minimum absolute atomic E-state index is 0.0437. The van der Waals surface area contributed by atoms with Crippen LogP contribution in [0.25, 0.3) is 0 Å². The molecule has 1 heterocycles. The van der Waals surface area contributed by atoms with Gasteiger partial charge in [0.2, 0.25) is 5.91 Å². The lowest BCUT2D eigenvalue weighted by Crippen LogP contribution is -2.46. The molecule has 0 aromatic heterocycles. The minimum Gasteiger partial charge on any atom is -0.506 e. The van der Waals surface area contributed by atoms with Crippen LogP contribution < -0.4 is 10.6 Å². The van der Waals surface area contributed by atoms with E-state index in [1.54, 1.807) is 17.0 Å². The van der Waals surface area contributed by atoms with Gasteiger partial charge in [0, 0.05) is 24.0 Å². The molecule has 2 aliphatic rings. The van der Waals surface area contributed by atoms with E-state index in [0.29, 0.717) is 49.4 Å². The molecule has 0 radical (unpaired) electrons. The number of amides is 3. The fourth-order valence-corrected chi connectivity index (χ4v) is 4.36. The van der Waals surface area contributed by atoms with Crippen molar-refractivity contribution < 1.29 is 19.1 Å². The first kappa shape index (κ1) is 20.5. The van der Waals surface area contributed by atoms with Crippen molar-refractivity contribution in [2.45, 2.75) is 31.7 Å². The van der Waals surface area contributed by atoms with Crippen LogP contribution in [0.5, 0.6) is 5.75 Å². The van der Waals surface area contributed by atoms with E-state index in [1.807, 2.05) is 6.07 Å². The Balaban J connectivity index is 1.30. The average molecular weight is 432 g/mol. The van der Waals surface area contributed by atoms with Gasteiger partial charge < -0.3 is 20.6 Å². The molecule has 6 nitrogen and oxygen atoms in total. The van der Waals surface area contributed by atoms with Crippen LogP contribution in [-0.4, -0.2) is 35.0 Å². The van der Waals surface area contributed by atoms with Crippen LogP contribution >= 0.6 is 11.6 Å². The van der Waals surface area contributed by atoms with Crippen LogP contribution in [0.1, 0.15) is 36.4 Å². The Morgan fingerprint density at radius 1 is 1.13 bits per heavy atom. The molecule has 2 aromatic rings. The second-order valence-electron chi connectivity index (χ2n) is 7.76. The van der Waals surface area contributed by atoms with Crippen molar-refractivity contribution in [3.05, 3.63) is 58.4 Å². The maximum Gasteiger partial charge on any atom is 0.317 e. The highest BCUT2D eigenvalue weighted by atomic mass is 35.5. The maximum absolute atomic E-state index is 13.9. The van der Waals surface area contributed by atoms with Crippen LogP contribution in [0, 0.1) is 11.7 Å². The predicted octanol–water partition coefficient (Wildman–Crippen LogP) is 4.23. The van der Waals surface area contributed by atoms with Gasteiger partial charge in [0.25, 0.3) is 0 Å². The van der Waals surface area contributed by atoms with E-state index >= 15 is 0 Å². The van der Waals surface area contributed by atoms with Crippen molar-refractivity contribution in [1.82, 2.24) is 10.2 Å². The topological polar surface area (TPSA) is 81.7 Å².